The van der Waals surface area contributed by atoms with E-state index in [0.717, 1.165) is 6.42 Å². The predicted molar refractivity (Wildman–Crippen MR) is 76.9 cm³/mol. The highest BCUT2D eigenvalue weighted by Crippen LogP contribution is 2.49. The molecule has 2 unspecified atom stereocenters. The fraction of sp³-hybridized carbons (Fsp3) is 0.312. The number of hydrogen-bond acceptors (Lipinski definition) is 2. The second kappa shape index (κ2) is 5.02. The zero-order chi connectivity index (χ0) is 13.2. The summed E-state index contributed by atoms with van der Waals surface area (Å²) in [5.74, 6) is 0.629. The number of benzene rings is 2. The number of rotatable bonds is 4. The Morgan fingerprint density at radius 3 is 2.84 bits per heavy atom. The maximum atomic E-state index is 11.9. The molecule has 1 fully saturated rings. The van der Waals surface area contributed by atoms with Crippen LogP contribution in [0, 0.1) is 5.92 Å². The molecule has 0 radical (unpaired) electrons. The molecule has 3 nitrogen and oxygen atoms in total. The van der Waals surface area contributed by atoms with Crippen molar-refractivity contribution in [3.8, 4) is 0 Å². The first-order valence-corrected chi connectivity index (χ1v) is 6.76. The molecule has 2 aromatic carbocycles. The molecule has 1 amide bonds. The van der Waals surface area contributed by atoms with E-state index in [2.05, 4.69) is 41.7 Å². The van der Waals surface area contributed by atoms with Gasteiger partial charge in [0.05, 0.1) is 0 Å². The molecule has 3 N–H and O–H groups in total. The summed E-state index contributed by atoms with van der Waals surface area (Å²) in [6.07, 6.45) is 0.949. The number of carbonyl (C=O) groups excluding carboxylic acids is 1. The van der Waals surface area contributed by atoms with Gasteiger partial charge in [-0.25, -0.2) is 0 Å². The normalized spacial score (nSPS) is 21.3. The van der Waals surface area contributed by atoms with E-state index in [1.54, 1.807) is 0 Å². The predicted octanol–water partition coefficient (Wildman–Crippen LogP) is 2.02. The van der Waals surface area contributed by atoms with Crippen molar-refractivity contribution in [2.75, 3.05) is 13.1 Å². The summed E-state index contributed by atoms with van der Waals surface area (Å²) in [7, 11) is 0. The molecule has 0 saturated heterocycles. The lowest BCUT2D eigenvalue weighted by Crippen LogP contribution is -2.30. The van der Waals surface area contributed by atoms with Crippen LogP contribution >= 0.6 is 0 Å². The fourth-order valence-electron chi connectivity index (χ4n) is 2.73. The summed E-state index contributed by atoms with van der Waals surface area (Å²) < 4.78 is 0. The highest BCUT2D eigenvalue weighted by Gasteiger charge is 2.44. The van der Waals surface area contributed by atoms with Gasteiger partial charge in [0.15, 0.2) is 0 Å². The first-order valence-electron chi connectivity index (χ1n) is 6.76. The largest absolute Gasteiger partial charge is 0.355 e. The molecule has 0 heterocycles. The quantitative estimate of drug-likeness (QED) is 0.877. The van der Waals surface area contributed by atoms with Crippen LogP contribution in [0.5, 0.6) is 0 Å². The molecule has 0 bridgehead atoms. The number of nitrogens with one attached hydrogen (secondary N) is 1. The van der Waals surface area contributed by atoms with Crippen molar-refractivity contribution >= 4 is 16.7 Å². The van der Waals surface area contributed by atoms with Gasteiger partial charge in [0.2, 0.25) is 5.91 Å². The van der Waals surface area contributed by atoms with Gasteiger partial charge in [-0.3, -0.25) is 4.79 Å². The van der Waals surface area contributed by atoms with E-state index in [-0.39, 0.29) is 11.8 Å². The lowest BCUT2D eigenvalue weighted by Gasteiger charge is -2.06. The minimum atomic E-state index is 0.123. The third-order valence-electron chi connectivity index (χ3n) is 3.79. The highest BCUT2D eigenvalue weighted by molar-refractivity contribution is 5.89. The Morgan fingerprint density at radius 2 is 2.00 bits per heavy atom. The fourth-order valence-corrected chi connectivity index (χ4v) is 2.73. The van der Waals surface area contributed by atoms with Crippen LogP contribution in [0.4, 0.5) is 0 Å². The molecule has 2 atom stereocenters. The van der Waals surface area contributed by atoms with Crippen LogP contribution in [0.1, 0.15) is 17.9 Å². The lowest BCUT2D eigenvalue weighted by molar-refractivity contribution is -0.122. The van der Waals surface area contributed by atoms with Crippen molar-refractivity contribution in [2.24, 2.45) is 11.7 Å². The summed E-state index contributed by atoms with van der Waals surface area (Å²) in [6.45, 7) is 1.06. The summed E-state index contributed by atoms with van der Waals surface area (Å²) in [4.78, 5) is 11.9. The third-order valence-corrected chi connectivity index (χ3v) is 3.79. The standard InChI is InChI=1S/C16H18N2O/c17-8-9-18-16(19)15-10-14(15)13-7-3-5-11-4-1-2-6-12(11)13/h1-7,14-15H,8-10,17H2,(H,18,19). The van der Waals surface area contributed by atoms with E-state index in [1.807, 2.05) is 6.07 Å². The average molecular weight is 254 g/mol. The Hall–Kier alpha value is -1.87. The molecular weight excluding hydrogens is 236 g/mol. The molecule has 98 valence electrons. The van der Waals surface area contributed by atoms with E-state index in [0.29, 0.717) is 19.0 Å². The number of hydrogen-bond donors (Lipinski definition) is 2. The molecule has 0 spiro atoms. The van der Waals surface area contributed by atoms with Crippen LogP contribution in [0.25, 0.3) is 10.8 Å². The van der Waals surface area contributed by atoms with Gasteiger partial charge in [0.25, 0.3) is 0 Å². The first-order chi connectivity index (χ1) is 9.31. The van der Waals surface area contributed by atoms with Gasteiger partial charge in [-0.2, -0.15) is 0 Å². The molecule has 1 saturated carbocycles. The van der Waals surface area contributed by atoms with Crippen LogP contribution in [-0.4, -0.2) is 19.0 Å². The Kier molecular flexibility index (Phi) is 3.22. The number of fused-ring (bicyclic) bond motifs is 1. The zero-order valence-electron chi connectivity index (χ0n) is 10.8. The molecule has 1 aliphatic rings. The summed E-state index contributed by atoms with van der Waals surface area (Å²) >= 11 is 0. The van der Waals surface area contributed by atoms with Crippen molar-refractivity contribution in [1.29, 1.82) is 0 Å². The maximum Gasteiger partial charge on any atom is 0.223 e. The highest BCUT2D eigenvalue weighted by atomic mass is 16.2. The van der Waals surface area contributed by atoms with Gasteiger partial charge in [0.1, 0.15) is 0 Å². The Balaban J connectivity index is 1.82. The first kappa shape index (κ1) is 12.2. The molecule has 0 aromatic heterocycles. The minimum Gasteiger partial charge on any atom is -0.355 e. The number of nitrogens with two attached hydrogens (primary N) is 1. The monoisotopic (exact) mass is 254 g/mol. The Labute approximate surface area is 112 Å². The molecule has 0 aliphatic heterocycles. The average Bonchev–Trinajstić information content (AvgIpc) is 3.24. The van der Waals surface area contributed by atoms with Gasteiger partial charge in [0, 0.05) is 19.0 Å². The number of carbonyl (C=O) groups is 1. The van der Waals surface area contributed by atoms with Gasteiger partial charge >= 0.3 is 0 Å². The molecular formula is C16H18N2O. The van der Waals surface area contributed by atoms with Crippen LogP contribution in [0.3, 0.4) is 0 Å². The second-order valence-electron chi connectivity index (χ2n) is 5.10. The summed E-state index contributed by atoms with van der Waals surface area (Å²) in [6, 6.07) is 14.7. The Bertz CT molecular complexity index is 603. The molecule has 2 aromatic rings. The SMILES string of the molecule is NCCNC(=O)C1CC1c1cccc2ccccc12. The maximum absolute atomic E-state index is 11.9. The van der Waals surface area contributed by atoms with Crippen LogP contribution in [0.15, 0.2) is 42.5 Å². The van der Waals surface area contributed by atoms with Crippen molar-refractivity contribution in [2.45, 2.75) is 12.3 Å². The van der Waals surface area contributed by atoms with Gasteiger partial charge < -0.3 is 11.1 Å². The van der Waals surface area contributed by atoms with E-state index in [1.165, 1.54) is 16.3 Å². The van der Waals surface area contributed by atoms with Crippen molar-refractivity contribution in [3.05, 3.63) is 48.0 Å². The van der Waals surface area contributed by atoms with Crippen LogP contribution < -0.4 is 11.1 Å². The molecule has 1 aliphatic carbocycles. The molecule has 19 heavy (non-hydrogen) atoms. The van der Waals surface area contributed by atoms with Crippen LogP contribution in [0.2, 0.25) is 0 Å². The minimum absolute atomic E-state index is 0.123. The van der Waals surface area contributed by atoms with E-state index < -0.39 is 0 Å². The van der Waals surface area contributed by atoms with E-state index >= 15 is 0 Å². The van der Waals surface area contributed by atoms with Gasteiger partial charge in [-0.05, 0) is 28.7 Å². The van der Waals surface area contributed by atoms with Gasteiger partial charge in [-0.1, -0.05) is 42.5 Å². The summed E-state index contributed by atoms with van der Waals surface area (Å²) in [5.41, 5.74) is 6.70. The zero-order valence-corrected chi connectivity index (χ0v) is 10.8. The van der Waals surface area contributed by atoms with E-state index in [4.69, 9.17) is 5.73 Å². The lowest BCUT2D eigenvalue weighted by atomic mass is 10.00. The molecule has 3 heteroatoms. The Morgan fingerprint density at radius 1 is 1.21 bits per heavy atom. The molecule has 3 rings (SSSR count). The summed E-state index contributed by atoms with van der Waals surface area (Å²) in [5, 5.41) is 5.39. The topological polar surface area (TPSA) is 55.1 Å². The van der Waals surface area contributed by atoms with Crippen LogP contribution in [-0.2, 0) is 4.79 Å². The van der Waals surface area contributed by atoms with Crippen molar-refractivity contribution in [3.63, 3.8) is 0 Å². The van der Waals surface area contributed by atoms with Crippen molar-refractivity contribution in [1.82, 2.24) is 5.32 Å². The third kappa shape index (κ3) is 2.34. The number of amides is 1. The van der Waals surface area contributed by atoms with E-state index in [9.17, 15) is 4.79 Å². The van der Waals surface area contributed by atoms with Gasteiger partial charge in [-0.15, -0.1) is 0 Å². The van der Waals surface area contributed by atoms with Crippen molar-refractivity contribution < 1.29 is 4.79 Å². The smallest absolute Gasteiger partial charge is 0.223 e. The second-order valence-corrected chi connectivity index (χ2v) is 5.10.